The molecule has 172 valence electrons. The maximum absolute atomic E-state index is 12.8. The molecule has 0 bridgehead atoms. The number of hydrazine groups is 1. The van der Waals surface area contributed by atoms with Crippen LogP contribution in [0.3, 0.4) is 0 Å². The minimum Gasteiger partial charge on any atom is -0.486 e. The Labute approximate surface area is 187 Å². The lowest BCUT2D eigenvalue weighted by atomic mass is 9.82. The molecule has 2 N–H and O–H groups in total. The van der Waals surface area contributed by atoms with Crippen molar-refractivity contribution < 1.29 is 23.9 Å². The van der Waals surface area contributed by atoms with Gasteiger partial charge in [-0.1, -0.05) is 25.3 Å². The molecule has 32 heavy (non-hydrogen) atoms. The minimum atomic E-state index is -0.832. The molecule has 0 aromatic heterocycles. The molecule has 1 saturated carbocycles. The molecule has 9 heteroatoms. The summed E-state index contributed by atoms with van der Waals surface area (Å²) in [5.74, 6) is 0.891. The van der Waals surface area contributed by atoms with Crippen LogP contribution in [-0.2, 0) is 9.59 Å². The summed E-state index contributed by atoms with van der Waals surface area (Å²) in [7, 11) is 0. The second-order valence-electron chi connectivity index (χ2n) is 9.10. The van der Waals surface area contributed by atoms with Gasteiger partial charge in [-0.05, 0) is 49.9 Å². The van der Waals surface area contributed by atoms with E-state index in [0.29, 0.717) is 32.6 Å². The number of likely N-dealkylation sites (tertiary alicyclic amines) is 1. The van der Waals surface area contributed by atoms with Gasteiger partial charge in [0.05, 0.1) is 0 Å². The van der Waals surface area contributed by atoms with Gasteiger partial charge in [0.25, 0.3) is 5.91 Å². The van der Waals surface area contributed by atoms with Crippen LogP contribution in [0.2, 0.25) is 0 Å². The van der Waals surface area contributed by atoms with Crippen molar-refractivity contribution in [2.75, 3.05) is 26.3 Å². The standard InChI is InChI=1S/C23H30N4O5/c28-20(25-27-21(29)23(24-22(27)30)9-2-1-3-10-23)8-12-26-11-4-5-17(26)16-6-7-18-19(15-16)32-14-13-31-18/h6-7,15,17H,1-5,8-14H2,(H,24,30)(H,25,28). The second kappa shape index (κ2) is 8.61. The van der Waals surface area contributed by atoms with E-state index in [9.17, 15) is 14.4 Å². The summed E-state index contributed by atoms with van der Waals surface area (Å²) in [5.41, 5.74) is 2.86. The van der Waals surface area contributed by atoms with Crippen LogP contribution >= 0.6 is 0 Å². The van der Waals surface area contributed by atoms with Gasteiger partial charge >= 0.3 is 6.03 Å². The van der Waals surface area contributed by atoms with E-state index < -0.39 is 11.6 Å². The van der Waals surface area contributed by atoms with Crippen LogP contribution in [0.5, 0.6) is 11.5 Å². The number of carbonyl (C=O) groups is 3. The van der Waals surface area contributed by atoms with Gasteiger partial charge in [0.2, 0.25) is 5.91 Å². The highest BCUT2D eigenvalue weighted by Gasteiger charge is 2.52. The third kappa shape index (κ3) is 3.90. The Morgan fingerprint density at radius 1 is 1.09 bits per heavy atom. The van der Waals surface area contributed by atoms with Gasteiger partial charge in [-0.2, -0.15) is 5.01 Å². The van der Waals surface area contributed by atoms with Crippen LogP contribution in [-0.4, -0.2) is 59.6 Å². The lowest BCUT2D eigenvalue weighted by molar-refractivity contribution is -0.140. The third-order valence-corrected chi connectivity index (χ3v) is 7.05. The highest BCUT2D eigenvalue weighted by molar-refractivity contribution is 6.08. The monoisotopic (exact) mass is 442 g/mol. The molecular formula is C23H30N4O5. The lowest BCUT2D eigenvalue weighted by Crippen LogP contribution is -2.51. The van der Waals surface area contributed by atoms with Gasteiger partial charge in [0, 0.05) is 19.0 Å². The van der Waals surface area contributed by atoms with E-state index in [1.807, 2.05) is 12.1 Å². The van der Waals surface area contributed by atoms with Crippen molar-refractivity contribution in [3.05, 3.63) is 23.8 Å². The van der Waals surface area contributed by atoms with Crippen molar-refractivity contribution >= 4 is 17.8 Å². The Morgan fingerprint density at radius 3 is 2.69 bits per heavy atom. The number of ether oxygens (including phenoxy) is 2. The fourth-order valence-corrected chi connectivity index (χ4v) is 5.38. The third-order valence-electron chi connectivity index (χ3n) is 7.05. The van der Waals surface area contributed by atoms with Crippen molar-refractivity contribution in [3.8, 4) is 11.5 Å². The summed E-state index contributed by atoms with van der Waals surface area (Å²) < 4.78 is 11.3. The maximum atomic E-state index is 12.8. The fourth-order valence-electron chi connectivity index (χ4n) is 5.38. The molecule has 3 heterocycles. The van der Waals surface area contributed by atoms with Crippen molar-refractivity contribution in [1.29, 1.82) is 0 Å². The van der Waals surface area contributed by atoms with E-state index >= 15 is 0 Å². The van der Waals surface area contributed by atoms with Gasteiger partial charge in [0.1, 0.15) is 18.8 Å². The van der Waals surface area contributed by atoms with Crippen molar-refractivity contribution in [3.63, 3.8) is 0 Å². The summed E-state index contributed by atoms with van der Waals surface area (Å²) in [6, 6.07) is 5.73. The topological polar surface area (TPSA) is 100 Å². The molecule has 0 radical (unpaired) electrons. The smallest absolute Gasteiger partial charge is 0.344 e. The predicted molar refractivity (Wildman–Crippen MR) is 115 cm³/mol. The van der Waals surface area contributed by atoms with Crippen LogP contribution in [0.25, 0.3) is 0 Å². The summed E-state index contributed by atoms with van der Waals surface area (Å²) in [4.78, 5) is 40.1. The second-order valence-corrected chi connectivity index (χ2v) is 9.10. The van der Waals surface area contributed by atoms with Crippen LogP contribution in [0.15, 0.2) is 18.2 Å². The van der Waals surface area contributed by atoms with E-state index in [2.05, 4.69) is 21.7 Å². The molecule has 1 aromatic rings. The van der Waals surface area contributed by atoms with Crippen LogP contribution in [0.1, 0.15) is 63.0 Å². The Kier molecular flexibility index (Phi) is 5.67. The molecule has 3 fully saturated rings. The number of urea groups is 1. The number of fused-ring (bicyclic) bond motifs is 1. The number of imide groups is 1. The van der Waals surface area contributed by atoms with Crippen LogP contribution in [0, 0.1) is 0 Å². The number of carbonyl (C=O) groups excluding carboxylic acids is 3. The van der Waals surface area contributed by atoms with Crippen molar-refractivity contribution in [2.24, 2.45) is 0 Å². The summed E-state index contributed by atoms with van der Waals surface area (Å²) >= 11 is 0. The van der Waals surface area contributed by atoms with E-state index in [4.69, 9.17) is 9.47 Å². The van der Waals surface area contributed by atoms with Crippen LogP contribution in [0.4, 0.5) is 4.79 Å². The molecule has 9 nitrogen and oxygen atoms in total. The molecule has 5 rings (SSSR count). The fraction of sp³-hybridized carbons (Fsp3) is 0.609. The number of amides is 4. The Morgan fingerprint density at radius 2 is 1.88 bits per heavy atom. The molecule has 1 aromatic carbocycles. The molecule has 1 spiro atoms. The summed E-state index contributed by atoms with van der Waals surface area (Å²) in [5, 5.41) is 3.70. The normalized spacial score (nSPS) is 24.6. The molecule has 4 aliphatic rings. The van der Waals surface area contributed by atoms with Crippen LogP contribution < -0.4 is 20.2 Å². The van der Waals surface area contributed by atoms with Gasteiger partial charge in [-0.3, -0.25) is 19.9 Å². The highest BCUT2D eigenvalue weighted by Crippen LogP contribution is 2.38. The first-order valence-electron chi connectivity index (χ1n) is 11.7. The van der Waals surface area contributed by atoms with Gasteiger partial charge < -0.3 is 14.8 Å². The predicted octanol–water partition coefficient (Wildman–Crippen LogP) is 2.27. The average Bonchev–Trinajstić information content (AvgIpc) is 3.37. The number of rotatable bonds is 5. The zero-order chi connectivity index (χ0) is 22.1. The molecule has 3 aliphatic heterocycles. The van der Waals surface area contributed by atoms with Crippen molar-refractivity contribution in [1.82, 2.24) is 20.7 Å². The lowest BCUT2D eigenvalue weighted by Gasteiger charge is -2.30. The Balaban J connectivity index is 1.18. The number of benzene rings is 1. The van der Waals surface area contributed by atoms with E-state index in [1.165, 1.54) is 0 Å². The molecule has 1 unspecified atom stereocenters. The minimum absolute atomic E-state index is 0.209. The molecule has 1 atom stereocenters. The number of hydrogen-bond acceptors (Lipinski definition) is 6. The Hall–Kier alpha value is -2.81. The zero-order valence-electron chi connectivity index (χ0n) is 18.2. The molecule has 2 saturated heterocycles. The molecule has 4 amide bonds. The quantitative estimate of drug-likeness (QED) is 0.679. The number of nitrogens with one attached hydrogen (secondary N) is 2. The van der Waals surface area contributed by atoms with Gasteiger partial charge in [-0.15, -0.1) is 0 Å². The SMILES string of the molecule is O=C(CCN1CCCC1c1ccc2c(c1)OCCO2)NN1C(=O)NC2(CCCCC2)C1=O. The van der Waals surface area contributed by atoms with E-state index in [0.717, 1.165) is 60.7 Å². The van der Waals surface area contributed by atoms with Gasteiger partial charge in [0.15, 0.2) is 11.5 Å². The van der Waals surface area contributed by atoms with E-state index in [1.54, 1.807) is 0 Å². The Bertz CT molecular complexity index is 914. The van der Waals surface area contributed by atoms with E-state index in [-0.39, 0.29) is 24.3 Å². The molecular weight excluding hydrogens is 412 g/mol. The first-order valence-corrected chi connectivity index (χ1v) is 11.7. The average molecular weight is 443 g/mol. The first kappa shape index (κ1) is 21.1. The summed E-state index contributed by atoms with van der Waals surface area (Å²) in [6.45, 7) is 2.57. The first-order chi connectivity index (χ1) is 15.6. The van der Waals surface area contributed by atoms with Crippen molar-refractivity contribution in [2.45, 2.75) is 62.9 Å². The number of nitrogens with zero attached hydrogens (tertiary/aromatic N) is 2. The molecule has 1 aliphatic carbocycles. The maximum Gasteiger partial charge on any atom is 0.344 e. The summed E-state index contributed by atoms with van der Waals surface area (Å²) in [6.07, 6.45) is 6.42. The number of hydrogen-bond donors (Lipinski definition) is 2. The van der Waals surface area contributed by atoms with Gasteiger partial charge in [-0.25, -0.2) is 4.79 Å². The largest absolute Gasteiger partial charge is 0.486 e. The highest BCUT2D eigenvalue weighted by atomic mass is 16.6. The zero-order valence-corrected chi connectivity index (χ0v) is 18.2.